The summed E-state index contributed by atoms with van der Waals surface area (Å²) in [5.74, 6) is 1.45. The van der Waals surface area contributed by atoms with Crippen molar-refractivity contribution in [1.82, 2.24) is 25.8 Å². The number of nitrogens with zero attached hydrogens (tertiary/aromatic N) is 4. The number of fused-ring (bicyclic) bond motifs is 5. The molecule has 0 aromatic heterocycles. The van der Waals surface area contributed by atoms with Crippen LogP contribution in [0.3, 0.4) is 0 Å². The van der Waals surface area contributed by atoms with E-state index in [4.69, 9.17) is 9.73 Å². The third-order valence-corrected chi connectivity index (χ3v) is 13.3. The Bertz CT molecular complexity index is 1700. The van der Waals surface area contributed by atoms with Crippen molar-refractivity contribution in [2.24, 2.45) is 10.4 Å². The maximum atomic E-state index is 5.64. The maximum absolute atomic E-state index is 5.64. The summed E-state index contributed by atoms with van der Waals surface area (Å²) in [7, 11) is 2.31. The Morgan fingerprint density at radius 1 is 1.00 bits per heavy atom. The van der Waals surface area contributed by atoms with Crippen molar-refractivity contribution in [3.05, 3.63) is 89.3 Å². The van der Waals surface area contributed by atoms with E-state index in [0.717, 1.165) is 58.1 Å². The highest BCUT2D eigenvalue weighted by molar-refractivity contribution is 6.02. The molecule has 2 saturated heterocycles. The first kappa shape index (κ1) is 29.8. The van der Waals surface area contributed by atoms with E-state index >= 15 is 0 Å². The van der Waals surface area contributed by atoms with Crippen LogP contribution >= 0.6 is 0 Å². The maximum Gasteiger partial charge on any atom is 0.129 e. The Kier molecular flexibility index (Phi) is 6.25. The quantitative estimate of drug-likeness (QED) is 0.402. The van der Waals surface area contributed by atoms with Gasteiger partial charge in [0.2, 0.25) is 0 Å². The van der Waals surface area contributed by atoms with E-state index in [9.17, 15) is 0 Å². The fourth-order valence-electron chi connectivity index (χ4n) is 10.5. The average Bonchev–Trinajstić information content (AvgIpc) is 3.85. The van der Waals surface area contributed by atoms with E-state index in [-0.39, 0.29) is 39.8 Å². The van der Waals surface area contributed by atoms with Crippen molar-refractivity contribution in [3.63, 3.8) is 0 Å². The summed E-state index contributed by atoms with van der Waals surface area (Å²) in [5.41, 5.74) is 6.03. The third kappa shape index (κ3) is 4.01. The molecule has 4 heterocycles. The van der Waals surface area contributed by atoms with E-state index in [1.54, 1.807) is 0 Å². The highest BCUT2D eigenvalue weighted by Crippen LogP contribution is 2.69. The summed E-state index contributed by atoms with van der Waals surface area (Å²) >= 11 is 0. The van der Waals surface area contributed by atoms with Crippen molar-refractivity contribution in [1.29, 1.82) is 0 Å². The van der Waals surface area contributed by atoms with E-state index in [1.165, 1.54) is 28.2 Å². The van der Waals surface area contributed by atoms with Crippen LogP contribution in [0.25, 0.3) is 0 Å². The Morgan fingerprint density at radius 2 is 1.81 bits per heavy atom. The molecule has 8 heteroatoms. The zero-order valence-electron chi connectivity index (χ0n) is 28.9. The van der Waals surface area contributed by atoms with Crippen molar-refractivity contribution < 1.29 is 4.74 Å². The molecule has 248 valence electrons. The molecule has 8 unspecified atom stereocenters. The van der Waals surface area contributed by atoms with Gasteiger partial charge in [0.1, 0.15) is 5.84 Å². The minimum absolute atomic E-state index is 0.00164. The van der Waals surface area contributed by atoms with Gasteiger partial charge < -0.3 is 24.8 Å². The van der Waals surface area contributed by atoms with Crippen LogP contribution in [-0.2, 0) is 4.74 Å². The smallest absolute Gasteiger partial charge is 0.129 e. The lowest BCUT2D eigenvalue weighted by Gasteiger charge is -2.43. The van der Waals surface area contributed by atoms with Gasteiger partial charge in [-0.3, -0.25) is 15.6 Å². The van der Waals surface area contributed by atoms with Gasteiger partial charge in [-0.2, -0.15) is 0 Å². The van der Waals surface area contributed by atoms with Gasteiger partial charge in [0.25, 0.3) is 0 Å². The topological polar surface area (TPSA) is 67.4 Å². The minimum atomic E-state index is -0.237. The Hall–Kier alpha value is -3.33. The molecule has 1 aromatic carbocycles. The minimum Gasteiger partial charge on any atom is -0.378 e. The van der Waals surface area contributed by atoms with Crippen LogP contribution in [0.1, 0.15) is 64.5 Å². The lowest BCUT2D eigenvalue weighted by Crippen LogP contribution is -2.60. The molecule has 0 radical (unpaired) electrons. The number of benzene rings is 1. The molecule has 2 bridgehead atoms. The number of amidine groups is 1. The summed E-state index contributed by atoms with van der Waals surface area (Å²) < 4.78 is 5.64. The van der Waals surface area contributed by atoms with Crippen molar-refractivity contribution >= 4 is 11.5 Å². The standard InChI is InChI=1S/C39H51N7O/c1-7-45(8-2)27-10-13-32-35(3,22-27)42-34(40-32)26-9-12-31-29(21-26)30-24-38(15-16-39(30,25-38)44(31)6)37(5)41-33-14-11-28(23-36(33,4)43-37)46-17-19-47-20-18-46/h9-16,21-23,30,32-33,41,43H,7-8,17-20,24-25H2,1-6H3,(H,40,42). The Balaban J connectivity index is 0.994. The molecular formula is C39H51N7O. The summed E-state index contributed by atoms with van der Waals surface area (Å²) in [4.78, 5) is 12.7. The first-order valence-corrected chi connectivity index (χ1v) is 18.0. The number of hydrogen-bond donors (Lipinski definition) is 3. The largest absolute Gasteiger partial charge is 0.378 e. The van der Waals surface area contributed by atoms with Crippen molar-refractivity contribution in [3.8, 4) is 0 Å². The zero-order valence-corrected chi connectivity index (χ0v) is 28.9. The number of rotatable bonds is 6. The van der Waals surface area contributed by atoms with E-state index in [1.807, 2.05) is 0 Å². The lowest BCUT2D eigenvalue weighted by atomic mass is 9.73. The second-order valence-electron chi connectivity index (χ2n) is 15.9. The number of anilines is 1. The molecule has 1 aromatic rings. The van der Waals surface area contributed by atoms with Gasteiger partial charge in [-0.15, -0.1) is 0 Å². The molecular weight excluding hydrogens is 582 g/mol. The molecule has 47 heavy (non-hydrogen) atoms. The van der Waals surface area contributed by atoms with Gasteiger partial charge in [0.05, 0.1) is 41.5 Å². The highest BCUT2D eigenvalue weighted by atomic mass is 16.5. The van der Waals surface area contributed by atoms with Crippen LogP contribution in [0.15, 0.2) is 83.2 Å². The van der Waals surface area contributed by atoms with Crippen LogP contribution < -0.4 is 20.9 Å². The molecule has 4 aliphatic heterocycles. The van der Waals surface area contributed by atoms with Gasteiger partial charge >= 0.3 is 0 Å². The molecule has 3 N–H and O–H groups in total. The van der Waals surface area contributed by atoms with Gasteiger partial charge in [0, 0.05) is 73.2 Å². The summed E-state index contributed by atoms with van der Waals surface area (Å²) in [6, 6.07) is 7.43. The van der Waals surface area contributed by atoms with E-state index in [0.29, 0.717) is 5.92 Å². The second kappa shape index (κ2) is 9.86. The zero-order chi connectivity index (χ0) is 32.4. The Morgan fingerprint density at radius 3 is 2.60 bits per heavy atom. The molecule has 4 aliphatic carbocycles. The van der Waals surface area contributed by atoms with Crippen LogP contribution in [0, 0.1) is 5.41 Å². The molecule has 8 aliphatic rings. The summed E-state index contributed by atoms with van der Waals surface area (Å²) in [5, 5.41) is 12.2. The normalized spacial score (nSPS) is 42.1. The molecule has 0 amide bonds. The average molecular weight is 634 g/mol. The monoisotopic (exact) mass is 633 g/mol. The number of allylic oxidation sites excluding steroid dienone is 2. The first-order chi connectivity index (χ1) is 22.5. The molecule has 8 nitrogen and oxygen atoms in total. The van der Waals surface area contributed by atoms with Gasteiger partial charge in [-0.25, -0.2) is 0 Å². The fourth-order valence-corrected chi connectivity index (χ4v) is 10.5. The number of morpholine rings is 1. The van der Waals surface area contributed by atoms with Crippen LogP contribution in [-0.4, -0.2) is 96.4 Å². The number of ether oxygens (including phenoxy) is 1. The second-order valence-corrected chi connectivity index (χ2v) is 15.9. The number of nitrogens with one attached hydrogen (secondary N) is 3. The van der Waals surface area contributed by atoms with Gasteiger partial charge in [-0.1, -0.05) is 24.3 Å². The molecule has 9 rings (SSSR count). The lowest BCUT2D eigenvalue weighted by molar-refractivity contribution is 0.0546. The van der Waals surface area contributed by atoms with Gasteiger partial charge in [0.15, 0.2) is 0 Å². The van der Waals surface area contributed by atoms with Crippen LogP contribution in [0.5, 0.6) is 0 Å². The summed E-state index contributed by atoms with van der Waals surface area (Å²) in [6.45, 7) is 17.1. The number of hydrogen-bond acceptors (Lipinski definition) is 8. The predicted molar refractivity (Wildman–Crippen MR) is 190 cm³/mol. The molecule has 1 saturated carbocycles. The van der Waals surface area contributed by atoms with Gasteiger partial charge in [-0.05, 0) is 95.5 Å². The Labute approximate surface area is 280 Å². The molecule has 1 spiro atoms. The van der Waals surface area contributed by atoms with Crippen molar-refractivity contribution in [2.45, 2.75) is 87.7 Å². The van der Waals surface area contributed by atoms with Crippen LogP contribution in [0.2, 0.25) is 0 Å². The fraction of sp³-hybridized carbons (Fsp3) is 0.564. The molecule has 3 fully saturated rings. The first-order valence-electron chi connectivity index (χ1n) is 18.0. The number of aliphatic imine (C=N–C) groups is 1. The summed E-state index contributed by atoms with van der Waals surface area (Å²) in [6.07, 6.45) is 21.4. The molecule has 8 atom stereocenters. The number of likely N-dealkylation sites (N-methyl/N-ethyl adjacent to an activating group) is 2. The van der Waals surface area contributed by atoms with Crippen LogP contribution in [0.4, 0.5) is 5.69 Å². The van der Waals surface area contributed by atoms with Crippen molar-refractivity contribution in [2.75, 3.05) is 51.3 Å². The van der Waals surface area contributed by atoms with E-state index in [2.05, 4.69) is 139 Å². The third-order valence-electron chi connectivity index (χ3n) is 13.3. The predicted octanol–water partition coefficient (Wildman–Crippen LogP) is 4.40. The highest BCUT2D eigenvalue weighted by Gasteiger charge is 2.69. The SMILES string of the molecule is CCN(CC)C1=CC2(C)NC(c3ccc4c(c3)C3CC5(C6(C)NC7C=CC(N8CCOCC8)=CC7(C)N6)C=CC3(C5)N4C)=NC2C=C1. The van der Waals surface area contributed by atoms with E-state index < -0.39 is 0 Å².